The van der Waals surface area contributed by atoms with Crippen LogP contribution in [0.3, 0.4) is 0 Å². The summed E-state index contributed by atoms with van der Waals surface area (Å²) in [6.45, 7) is -0.518. The summed E-state index contributed by atoms with van der Waals surface area (Å²) in [5.74, 6) is -2.16. The van der Waals surface area contributed by atoms with Crippen molar-refractivity contribution in [2.24, 2.45) is 0 Å². The number of alkyl halides is 1. The molecule has 1 aromatic heterocycles. The van der Waals surface area contributed by atoms with Crippen molar-refractivity contribution in [1.82, 2.24) is 9.88 Å². The summed E-state index contributed by atoms with van der Waals surface area (Å²) < 4.78 is 14.1. The summed E-state index contributed by atoms with van der Waals surface area (Å²) in [7, 11) is 0. The van der Waals surface area contributed by atoms with E-state index < -0.39 is 29.6 Å². The van der Waals surface area contributed by atoms with Crippen LogP contribution in [0.25, 0.3) is 0 Å². The first kappa shape index (κ1) is 15.7. The molecule has 0 radical (unpaired) electrons. The van der Waals surface area contributed by atoms with Crippen LogP contribution in [0.5, 0.6) is 0 Å². The lowest BCUT2D eigenvalue weighted by atomic mass is 10.1. The van der Waals surface area contributed by atoms with E-state index >= 15 is 0 Å². The first-order valence-electron chi connectivity index (χ1n) is 7.87. The summed E-state index contributed by atoms with van der Waals surface area (Å²) in [6, 6.07) is 1.60. The van der Waals surface area contributed by atoms with Gasteiger partial charge in [0.15, 0.2) is 0 Å². The number of carbonyl (C=O) groups excluding carboxylic acids is 1. The number of likely N-dealkylation sites (tertiary alicyclic amines) is 1. The fraction of sp³-hybridized carbons (Fsp3) is 0.562. The molecule has 0 saturated carbocycles. The van der Waals surface area contributed by atoms with Gasteiger partial charge in [-0.25, -0.2) is 9.18 Å². The van der Waals surface area contributed by atoms with Crippen LogP contribution in [0.15, 0.2) is 10.9 Å². The predicted octanol–water partition coefficient (Wildman–Crippen LogP) is 1.28. The molecule has 2 aliphatic rings. The van der Waals surface area contributed by atoms with Crippen molar-refractivity contribution < 1.29 is 19.1 Å². The number of amides is 1. The number of aromatic nitrogens is 1. The number of fused-ring (bicyclic) bond motifs is 1. The van der Waals surface area contributed by atoms with Gasteiger partial charge in [-0.2, -0.15) is 0 Å². The fourth-order valence-corrected chi connectivity index (χ4v) is 3.30. The van der Waals surface area contributed by atoms with Crippen molar-refractivity contribution >= 4 is 11.9 Å². The number of hydrogen-bond acceptors (Lipinski definition) is 3. The van der Waals surface area contributed by atoms with Gasteiger partial charge in [0.25, 0.3) is 11.5 Å². The number of nitrogens with zero attached hydrogens (tertiary/aromatic N) is 1. The zero-order valence-electron chi connectivity index (χ0n) is 12.7. The van der Waals surface area contributed by atoms with Gasteiger partial charge >= 0.3 is 5.97 Å². The Labute approximate surface area is 132 Å². The van der Waals surface area contributed by atoms with Crippen LogP contribution in [0.1, 0.15) is 47.3 Å². The maximum absolute atomic E-state index is 14.1. The molecular formula is C16H19FN2O4. The number of pyridine rings is 1. The molecule has 124 valence electrons. The molecule has 7 heteroatoms. The molecule has 1 saturated heterocycles. The number of hydrogen-bond donors (Lipinski definition) is 2. The second kappa shape index (κ2) is 5.79. The highest BCUT2D eigenvalue weighted by Crippen LogP contribution is 2.27. The fourth-order valence-electron chi connectivity index (χ4n) is 3.30. The highest BCUT2D eigenvalue weighted by molar-refractivity contribution is 5.95. The summed E-state index contributed by atoms with van der Waals surface area (Å²) in [6.07, 6.45) is 4.42. The minimum Gasteiger partial charge on any atom is -0.479 e. The molecule has 2 N–H and O–H groups in total. The average Bonchev–Trinajstić information content (AvgIpc) is 2.78. The van der Waals surface area contributed by atoms with Gasteiger partial charge in [0.05, 0.1) is 6.54 Å². The van der Waals surface area contributed by atoms with Crippen molar-refractivity contribution in [2.45, 2.75) is 44.2 Å². The molecule has 23 heavy (non-hydrogen) atoms. The molecule has 0 unspecified atom stereocenters. The Morgan fingerprint density at radius 2 is 2.00 bits per heavy atom. The van der Waals surface area contributed by atoms with E-state index in [4.69, 9.17) is 5.11 Å². The summed E-state index contributed by atoms with van der Waals surface area (Å²) >= 11 is 0. The van der Waals surface area contributed by atoms with Crippen molar-refractivity contribution in [3.63, 3.8) is 0 Å². The highest BCUT2D eigenvalue weighted by Gasteiger charge is 2.47. The van der Waals surface area contributed by atoms with Crippen LogP contribution in [0.2, 0.25) is 0 Å². The molecule has 0 spiro atoms. The van der Waals surface area contributed by atoms with Crippen LogP contribution in [-0.2, 0) is 17.6 Å². The molecule has 1 amide bonds. The number of aliphatic carboxylic acids is 1. The molecule has 1 fully saturated rings. The van der Waals surface area contributed by atoms with Gasteiger partial charge in [-0.15, -0.1) is 0 Å². The molecule has 3 rings (SSSR count). The highest BCUT2D eigenvalue weighted by atomic mass is 19.1. The number of rotatable bonds is 2. The molecule has 2 heterocycles. The third-order valence-electron chi connectivity index (χ3n) is 4.71. The average molecular weight is 322 g/mol. The molecular weight excluding hydrogens is 303 g/mol. The summed E-state index contributed by atoms with van der Waals surface area (Å²) in [4.78, 5) is 39.5. The van der Waals surface area contributed by atoms with E-state index in [9.17, 15) is 18.8 Å². The SMILES string of the molecule is O=C(c1cc2c([nH]c1=O)CCCCC2)N1CC[C@@](F)(C(=O)O)C1. The topological polar surface area (TPSA) is 90.5 Å². The van der Waals surface area contributed by atoms with Crippen molar-refractivity contribution in [1.29, 1.82) is 0 Å². The zero-order valence-corrected chi connectivity index (χ0v) is 12.7. The first-order valence-corrected chi connectivity index (χ1v) is 7.87. The maximum atomic E-state index is 14.1. The Hall–Kier alpha value is -2.18. The van der Waals surface area contributed by atoms with Gasteiger partial charge in [-0.3, -0.25) is 9.59 Å². The van der Waals surface area contributed by atoms with Gasteiger partial charge in [0, 0.05) is 18.7 Å². The number of aryl methyl sites for hydroxylation is 2. The smallest absolute Gasteiger partial charge is 0.343 e. The molecule has 6 nitrogen and oxygen atoms in total. The first-order chi connectivity index (χ1) is 10.9. The summed E-state index contributed by atoms with van der Waals surface area (Å²) in [5.41, 5.74) is -1.11. The van der Waals surface area contributed by atoms with Crippen molar-refractivity contribution in [2.75, 3.05) is 13.1 Å². The van der Waals surface area contributed by atoms with Gasteiger partial charge in [-0.05, 0) is 37.3 Å². The minimum atomic E-state index is -2.42. The number of H-pyrrole nitrogens is 1. The number of carbonyl (C=O) groups is 2. The van der Waals surface area contributed by atoms with E-state index in [1.807, 2.05) is 0 Å². The number of carboxylic acids is 1. The van der Waals surface area contributed by atoms with E-state index in [1.165, 1.54) is 0 Å². The van der Waals surface area contributed by atoms with Gasteiger partial charge in [0.1, 0.15) is 5.56 Å². The lowest BCUT2D eigenvalue weighted by Crippen LogP contribution is -2.40. The third kappa shape index (κ3) is 2.87. The summed E-state index contributed by atoms with van der Waals surface area (Å²) in [5, 5.41) is 8.91. The lowest BCUT2D eigenvalue weighted by Gasteiger charge is -2.18. The predicted molar refractivity (Wildman–Crippen MR) is 80.3 cm³/mol. The van der Waals surface area contributed by atoms with Crippen LogP contribution < -0.4 is 5.56 Å². The van der Waals surface area contributed by atoms with E-state index in [0.717, 1.165) is 48.3 Å². The van der Waals surface area contributed by atoms with E-state index in [1.54, 1.807) is 6.07 Å². The normalized spacial score (nSPS) is 24.1. The number of carboxylic acid groups (broad SMARTS) is 1. The van der Waals surface area contributed by atoms with E-state index in [-0.39, 0.29) is 18.5 Å². The van der Waals surface area contributed by atoms with Crippen LogP contribution in [0.4, 0.5) is 4.39 Å². The van der Waals surface area contributed by atoms with Gasteiger partial charge in [-0.1, -0.05) is 6.42 Å². The Balaban J connectivity index is 1.87. The Bertz CT molecular complexity index is 715. The largest absolute Gasteiger partial charge is 0.479 e. The minimum absolute atomic E-state index is 0.00183. The van der Waals surface area contributed by atoms with Crippen molar-refractivity contribution in [3.05, 3.63) is 33.2 Å². The van der Waals surface area contributed by atoms with Crippen LogP contribution in [0, 0.1) is 0 Å². The molecule has 1 aliphatic carbocycles. The molecule has 1 aromatic rings. The van der Waals surface area contributed by atoms with E-state index in [2.05, 4.69) is 4.98 Å². The molecule has 0 aromatic carbocycles. The van der Waals surface area contributed by atoms with Gasteiger partial charge in [0.2, 0.25) is 5.67 Å². The maximum Gasteiger partial charge on any atom is 0.343 e. The van der Waals surface area contributed by atoms with E-state index in [0.29, 0.717) is 0 Å². The van der Waals surface area contributed by atoms with Crippen molar-refractivity contribution in [3.8, 4) is 0 Å². The zero-order chi connectivity index (χ0) is 16.6. The Morgan fingerprint density at radius 3 is 2.70 bits per heavy atom. The third-order valence-corrected chi connectivity index (χ3v) is 4.71. The lowest BCUT2D eigenvalue weighted by molar-refractivity contribution is -0.149. The monoisotopic (exact) mass is 322 g/mol. The molecule has 0 bridgehead atoms. The van der Waals surface area contributed by atoms with Crippen LogP contribution >= 0.6 is 0 Å². The molecule has 1 aliphatic heterocycles. The second-order valence-electron chi connectivity index (χ2n) is 6.32. The Kier molecular flexibility index (Phi) is 3.95. The molecule has 1 atom stereocenters. The Morgan fingerprint density at radius 1 is 1.26 bits per heavy atom. The number of halogens is 1. The second-order valence-corrected chi connectivity index (χ2v) is 6.32. The standard InChI is InChI=1S/C16H19FN2O4/c17-16(15(22)23)6-7-19(9-16)14(21)11-8-10-4-2-1-3-5-12(10)18-13(11)20/h8H,1-7,9H2,(H,18,20)(H,22,23)/t16-/m0/s1. The van der Waals surface area contributed by atoms with Gasteiger partial charge < -0.3 is 15.0 Å². The number of aromatic amines is 1. The quantitative estimate of drug-likeness (QED) is 0.803. The number of nitrogens with one attached hydrogen (secondary N) is 1. The van der Waals surface area contributed by atoms with Crippen LogP contribution in [-0.4, -0.2) is 45.6 Å².